The van der Waals surface area contributed by atoms with Gasteiger partial charge < -0.3 is 10.2 Å². The first-order chi connectivity index (χ1) is 18.1. The summed E-state index contributed by atoms with van der Waals surface area (Å²) in [6.45, 7) is 3.70. The summed E-state index contributed by atoms with van der Waals surface area (Å²) in [7, 11) is 0. The predicted molar refractivity (Wildman–Crippen MR) is 134 cm³/mol. The molecule has 3 fully saturated rings. The molecule has 3 rings (SSSR count). The Labute approximate surface area is 225 Å². The van der Waals surface area contributed by atoms with Gasteiger partial charge in [0.05, 0.1) is 18.3 Å². The highest BCUT2D eigenvalue weighted by molar-refractivity contribution is 7.81. The van der Waals surface area contributed by atoms with E-state index >= 15 is 0 Å². The van der Waals surface area contributed by atoms with Crippen LogP contribution in [0.3, 0.4) is 0 Å². The summed E-state index contributed by atoms with van der Waals surface area (Å²) in [6.07, 6.45) is -0.693. The molecule has 0 aliphatic carbocycles. The van der Waals surface area contributed by atoms with Crippen LogP contribution in [0.25, 0.3) is 0 Å². The number of carboxylic acid groups (broad SMARTS) is 2. The lowest BCUT2D eigenvalue weighted by molar-refractivity contribution is -0.307. The van der Waals surface area contributed by atoms with E-state index in [1.54, 1.807) is 9.80 Å². The Morgan fingerprint density at radius 1 is 0.895 bits per heavy atom. The Bertz CT molecular complexity index is 880. The van der Waals surface area contributed by atoms with E-state index in [9.17, 15) is 34.2 Å². The van der Waals surface area contributed by atoms with Crippen LogP contribution in [0.1, 0.15) is 6.42 Å². The first-order valence-corrected chi connectivity index (χ1v) is 13.1. The molecule has 3 N–H and O–H groups in total. The molecule has 0 aromatic carbocycles. The maximum absolute atomic E-state index is 12.4. The van der Waals surface area contributed by atoms with Gasteiger partial charge in [-0.25, -0.2) is 4.79 Å². The third-order valence-corrected chi connectivity index (χ3v) is 7.01. The number of hydrogen-bond acceptors (Lipinski definition) is 13. The second kappa shape index (κ2) is 14.7. The minimum absolute atomic E-state index is 0.0489. The second-order valence-electron chi connectivity index (χ2n) is 9.51. The number of hydrogen-bond donors (Lipinski definition) is 4. The van der Waals surface area contributed by atoms with Crippen molar-refractivity contribution in [1.82, 2.24) is 29.8 Å². The van der Waals surface area contributed by atoms with Crippen molar-refractivity contribution in [2.24, 2.45) is 0 Å². The van der Waals surface area contributed by atoms with E-state index in [1.807, 2.05) is 4.90 Å². The summed E-state index contributed by atoms with van der Waals surface area (Å²) >= 11 is 4.12. The summed E-state index contributed by atoms with van der Waals surface area (Å²) < 4.78 is 0. The third kappa shape index (κ3) is 9.76. The molecule has 2 amide bonds. The van der Waals surface area contributed by atoms with Gasteiger partial charge in [-0.15, -0.1) is 0 Å². The molecule has 4 atom stereocenters. The largest absolute Gasteiger partial charge is 0.480 e. The average molecular weight is 561 g/mol. The predicted octanol–water partition coefficient (Wildman–Crippen LogP) is -3.16. The van der Waals surface area contributed by atoms with E-state index in [0.717, 1.165) is 4.90 Å². The molecule has 2 bridgehead atoms. The Kier molecular flexibility index (Phi) is 11.7. The molecule has 16 heteroatoms. The Balaban J connectivity index is 1.66. The van der Waals surface area contributed by atoms with Crippen molar-refractivity contribution in [2.75, 3.05) is 91.6 Å². The molecular weight excluding hydrogens is 524 g/mol. The second-order valence-corrected chi connectivity index (χ2v) is 10.1. The van der Waals surface area contributed by atoms with Crippen molar-refractivity contribution in [3.05, 3.63) is 0 Å². The number of amides is 2. The zero-order chi connectivity index (χ0) is 27.7. The first-order valence-electron chi connectivity index (χ1n) is 12.6. The van der Waals surface area contributed by atoms with Crippen LogP contribution in [-0.2, 0) is 33.7 Å². The Morgan fingerprint density at radius 2 is 1.45 bits per heavy atom. The van der Waals surface area contributed by atoms with Gasteiger partial charge >= 0.3 is 17.9 Å². The molecule has 3 heterocycles. The van der Waals surface area contributed by atoms with Crippen LogP contribution in [0.5, 0.6) is 0 Å². The van der Waals surface area contributed by atoms with E-state index in [2.05, 4.69) is 22.8 Å². The van der Waals surface area contributed by atoms with Gasteiger partial charge in [0, 0.05) is 78.4 Å². The molecule has 0 aromatic rings. The third-order valence-electron chi connectivity index (χ3n) is 6.61. The number of aliphatic carboxylic acids is 2. The standard InChI is InChI=1S/C22H36N6O9S/c29-18-11-16(38)22(35)28(18)2-1-23-17-12-24-3-5-25(13-19(30)31)6-7-26(14-20(32)33)8-10-27(9-4-24)15-21(34)37-36-17/h16-17,23,38H,1-15H2,(H,30,31)(H,32,33). The molecule has 214 valence electrons. The molecule has 4 unspecified atom stereocenters. The zero-order valence-corrected chi connectivity index (χ0v) is 22.1. The van der Waals surface area contributed by atoms with E-state index in [1.165, 1.54) is 0 Å². The fourth-order valence-corrected chi connectivity index (χ4v) is 4.84. The summed E-state index contributed by atoms with van der Waals surface area (Å²) in [5.74, 6) is -3.19. The van der Waals surface area contributed by atoms with Crippen LogP contribution in [0, 0.1) is 0 Å². The average Bonchev–Trinajstić information content (AvgIpc) is 3.08. The summed E-state index contributed by atoms with van der Waals surface area (Å²) in [5.41, 5.74) is 0. The molecule has 3 aliphatic heterocycles. The molecular formula is C22H36N6O9S. The van der Waals surface area contributed by atoms with Gasteiger partial charge in [-0.1, -0.05) is 0 Å². The number of thiol groups is 1. The van der Waals surface area contributed by atoms with Crippen molar-refractivity contribution in [2.45, 2.75) is 17.9 Å². The van der Waals surface area contributed by atoms with Crippen molar-refractivity contribution in [1.29, 1.82) is 0 Å². The molecule has 0 spiro atoms. The van der Waals surface area contributed by atoms with E-state index < -0.39 is 29.4 Å². The van der Waals surface area contributed by atoms with E-state index in [0.29, 0.717) is 58.9 Å². The number of carboxylic acids is 2. The van der Waals surface area contributed by atoms with Crippen molar-refractivity contribution in [3.63, 3.8) is 0 Å². The highest BCUT2D eigenvalue weighted by Gasteiger charge is 2.36. The lowest BCUT2D eigenvalue weighted by Crippen LogP contribution is -2.53. The number of likely N-dealkylation sites (tertiary alicyclic amines) is 1. The van der Waals surface area contributed by atoms with Crippen molar-refractivity contribution >= 4 is 42.4 Å². The van der Waals surface area contributed by atoms with Crippen LogP contribution < -0.4 is 5.32 Å². The summed E-state index contributed by atoms with van der Waals surface area (Å²) in [5, 5.41) is 21.1. The maximum Gasteiger partial charge on any atom is 0.356 e. The van der Waals surface area contributed by atoms with Crippen LogP contribution >= 0.6 is 12.6 Å². The van der Waals surface area contributed by atoms with E-state index in [-0.39, 0.29) is 51.0 Å². The minimum Gasteiger partial charge on any atom is -0.480 e. The molecule has 38 heavy (non-hydrogen) atoms. The number of nitrogens with zero attached hydrogens (tertiary/aromatic N) is 5. The monoisotopic (exact) mass is 560 g/mol. The maximum atomic E-state index is 12.4. The van der Waals surface area contributed by atoms with Gasteiger partial charge in [0.1, 0.15) is 6.54 Å². The molecule has 3 aliphatic rings. The first kappa shape index (κ1) is 30.2. The quantitative estimate of drug-likeness (QED) is 0.133. The number of rotatable bonds is 8. The van der Waals surface area contributed by atoms with Gasteiger partial charge in [0.25, 0.3) is 0 Å². The van der Waals surface area contributed by atoms with Crippen LogP contribution in [0.4, 0.5) is 0 Å². The van der Waals surface area contributed by atoms with Crippen LogP contribution in [0.2, 0.25) is 0 Å². The minimum atomic E-state index is -0.982. The Morgan fingerprint density at radius 3 is 2.03 bits per heavy atom. The molecule has 15 nitrogen and oxygen atoms in total. The number of carbonyl (C=O) groups is 5. The topological polar surface area (TPSA) is 172 Å². The number of nitrogens with one attached hydrogen (secondary N) is 1. The lowest BCUT2D eigenvalue weighted by Gasteiger charge is -2.35. The summed E-state index contributed by atoms with van der Waals surface area (Å²) in [4.78, 5) is 78.2. The number of fused-ring (bicyclic) bond motifs is 3. The van der Waals surface area contributed by atoms with Crippen LogP contribution in [0.15, 0.2) is 0 Å². The molecule has 3 saturated heterocycles. The SMILES string of the molecule is O=C(O)CN1CCN(CC(=O)O)CCN2CCN(CC1)CC(=O)OOC(NCCN1C(=O)CC(S)C1=O)C2. The smallest absolute Gasteiger partial charge is 0.356 e. The fraction of sp³-hybridized carbons (Fsp3) is 0.773. The number of carbonyl (C=O) groups excluding carboxylic acids is 3. The van der Waals surface area contributed by atoms with Crippen LogP contribution in [-0.4, -0.2) is 168 Å². The van der Waals surface area contributed by atoms with Gasteiger partial charge in [-0.3, -0.25) is 53.9 Å². The summed E-state index contributed by atoms with van der Waals surface area (Å²) in [6, 6.07) is 0. The lowest BCUT2D eigenvalue weighted by atomic mass is 10.3. The van der Waals surface area contributed by atoms with E-state index in [4.69, 9.17) is 9.78 Å². The van der Waals surface area contributed by atoms with Gasteiger partial charge in [-0.05, 0) is 0 Å². The zero-order valence-electron chi connectivity index (χ0n) is 21.2. The molecule has 0 saturated carbocycles. The van der Waals surface area contributed by atoms with Gasteiger partial charge in [0.15, 0.2) is 6.23 Å². The van der Waals surface area contributed by atoms with Crippen molar-refractivity contribution < 1.29 is 44.0 Å². The molecule has 0 radical (unpaired) electrons. The van der Waals surface area contributed by atoms with Gasteiger partial charge in [-0.2, -0.15) is 17.5 Å². The fourth-order valence-electron chi connectivity index (χ4n) is 4.54. The normalized spacial score (nSPS) is 29.0. The highest BCUT2D eigenvalue weighted by atomic mass is 32.1. The Hall–Kier alpha value is -2.34. The highest BCUT2D eigenvalue weighted by Crippen LogP contribution is 2.17. The van der Waals surface area contributed by atoms with Gasteiger partial charge in [0.2, 0.25) is 11.8 Å². The number of imide groups is 1. The van der Waals surface area contributed by atoms with Crippen molar-refractivity contribution in [3.8, 4) is 0 Å². The molecule has 0 aromatic heterocycles.